The van der Waals surface area contributed by atoms with Crippen molar-refractivity contribution in [2.45, 2.75) is 13.3 Å². The van der Waals surface area contributed by atoms with Crippen LogP contribution in [0.3, 0.4) is 0 Å². The summed E-state index contributed by atoms with van der Waals surface area (Å²) in [6.45, 7) is 5.52. The van der Waals surface area contributed by atoms with Crippen LogP contribution in [0.15, 0.2) is 0 Å². The number of piperazine rings is 1. The lowest BCUT2D eigenvalue weighted by atomic mass is 10.4. The van der Waals surface area contributed by atoms with E-state index in [4.69, 9.17) is 5.26 Å². The first-order chi connectivity index (χ1) is 6.75. The zero-order valence-electron chi connectivity index (χ0n) is 8.49. The van der Waals surface area contributed by atoms with Crippen molar-refractivity contribution in [3.63, 3.8) is 0 Å². The maximum atomic E-state index is 11.3. The summed E-state index contributed by atoms with van der Waals surface area (Å²) in [5, 5.41) is 15.4. The lowest BCUT2D eigenvalue weighted by molar-refractivity contribution is -0.147. The van der Waals surface area contributed by atoms with Gasteiger partial charge >= 0.3 is 0 Å². The van der Waals surface area contributed by atoms with Crippen molar-refractivity contribution < 1.29 is 4.79 Å². The average molecular weight is 196 g/mol. The number of hydrazine groups is 1. The molecule has 5 heteroatoms. The van der Waals surface area contributed by atoms with Crippen molar-refractivity contribution in [3.05, 3.63) is 0 Å². The van der Waals surface area contributed by atoms with Gasteiger partial charge in [0.05, 0.1) is 19.0 Å². The molecule has 0 saturated carbocycles. The maximum Gasteiger partial charge on any atom is 0.233 e. The Morgan fingerprint density at radius 2 is 2.21 bits per heavy atom. The summed E-state index contributed by atoms with van der Waals surface area (Å²) < 4.78 is 0. The third-order valence-electron chi connectivity index (χ3n) is 2.23. The number of hydrogen-bond donors (Lipinski definition) is 1. The molecule has 0 atom stereocenters. The number of nitrogens with zero attached hydrogens (tertiary/aromatic N) is 3. The monoisotopic (exact) mass is 196 g/mol. The second-order valence-corrected chi connectivity index (χ2v) is 3.25. The summed E-state index contributed by atoms with van der Waals surface area (Å²) in [6.07, 6.45) is 0.392. The molecular formula is C9H16N4O. The molecule has 1 rings (SSSR count). The van der Waals surface area contributed by atoms with Crippen molar-refractivity contribution >= 4 is 5.91 Å². The maximum absolute atomic E-state index is 11.3. The molecule has 0 aromatic rings. The Labute approximate surface area is 84.2 Å². The molecule has 78 valence electrons. The number of carbonyl (C=O) groups is 1. The van der Waals surface area contributed by atoms with Gasteiger partial charge in [0.2, 0.25) is 5.91 Å². The zero-order chi connectivity index (χ0) is 10.4. The molecule has 0 aromatic carbocycles. The molecule has 1 heterocycles. The van der Waals surface area contributed by atoms with Crippen LogP contribution in [-0.4, -0.2) is 48.6 Å². The third kappa shape index (κ3) is 2.98. The van der Waals surface area contributed by atoms with Crippen molar-refractivity contribution in [1.29, 1.82) is 5.26 Å². The number of amides is 1. The topological polar surface area (TPSA) is 59.4 Å². The van der Waals surface area contributed by atoms with Gasteiger partial charge in [-0.3, -0.25) is 9.80 Å². The van der Waals surface area contributed by atoms with E-state index in [1.165, 1.54) is 0 Å². The number of rotatable bonds is 3. The summed E-state index contributed by atoms with van der Waals surface area (Å²) in [6, 6.07) is 2.06. The molecule has 0 aliphatic carbocycles. The normalized spacial score (nSPS) is 17.4. The number of carbonyl (C=O) groups excluding carboxylic acids is 1. The molecule has 0 aromatic heterocycles. The molecule has 1 saturated heterocycles. The van der Waals surface area contributed by atoms with E-state index in [1.807, 2.05) is 5.01 Å². The summed E-state index contributed by atoms with van der Waals surface area (Å²) in [4.78, 5) is 11.3. The number of nitrogens with one attached hydrogen (secondary N) is 1. The second kappa shape index (κ2) is 5.58. The van der Waals surface area contributed by atoms with E-state index in [-0.39, 0.29) is 5.91 Å². The van der Waals surface area contributed by atoms with E-state index >= 15 is 0 Å². The van der Waals surface area contributed by atoms with Gasteiger partial charge < -0.3 is 5.32 Å². The van der Waals surface area contributed by atoms with Crippen LogP contribution in [0.25, 0.3) is 0 Å². The van der Waals surface area contributed by atoms with Crippen LogP contribution >= 0.6 is 0 Å². The van der Waals surface area contributed by atoms with E-state index in [0.717, 1.165) is 26.2 Å². The molecular weight excluding hydrogens is 180 g/mol. The molecule has 1 aliphatic rings. The van der Waals surface area contributed by atoms with Crippen LogP contribution < -0.4 is 5.32 Å². The van der Waals surface area contributed by atoms with E-state index in [1.54, 1.807) is 11.9 Å². The predicted molar refractivity (Wildman–Crippen MR) is 52.1 cm³/mol. The van der Waals surface area contributed by atoms with E-state index in [0.29, 0.717) is 13.0 Å². The van der Waals surface area contributed by atoms with Gasteiger partial charge in [-0.1, -0.05) is 0 Å². The Morgan fingerprint density at radius 3 is 2.71 bits per heavy atom. The molecule has 1 fully saturated rings. The molecule has 1 amide bonds. The van der Waals surface area contributed by atoms with Crippen LogP contribution in [-0.2, 0) is 4.79 Å². The van der Waals surface area contributed by atoms with Crippen molar-refractivity contribution in [2.75, 3.05) is 32.7 Å². The molecule has 0 bridgehead atoms. The van der Waals surface area contributed by atoms with Gasteiger partial charge in [-0.15, -0.1) is 0 Å². The van der Waals surface area contributed by atoms with Gasteiger partial charge in [-0.05, 0) is 0 Å². The fourth-order valence-electron chi connectivity index (χ4n) is 1.55. The van der Waals surface area contributed by atoms with Gasteiger partial charge in [0, 0.05) is 33.1 Å². The Morgan fingerprint density at radius 1 is 1.57 bits per heavy atom. The highest BCUT2D eigenvalue weighted by Gasteiger charge is 2.19. The first-order valence-electron chi connectivity index (χ1n) is 4.86. The third-order valence-corrected chi connectivity index (χ3v) is 2.23. The van der Waals surface area contributed by atoms with Crippen LogP contribution in [0.5, 0.6) is 0 Å². The fourth-order valence-corrected chi connectivity index (χ4v) is 1.55. The Hall–Kier alpha value is -1.12. The number of nitriles is 1. The minimum atomic E-state index is 0.0159. The van der Waals surface area contributed by atoms with E-state index in [2.05, 4.69) is 11.4 Å². The zero-order valence-corrected chi connectivity index (χ0v) is 8.49. The van der Waals surface area contributed by atoms with Crippen LogP contribution in [0.2, 0.25) is 0 Å². The molecule has 14 heavy (non-hydrogen) atoms. The van der Waals surface area contributed by atoms with Gasteiger partial charge in [0.25, 0.3) is 0 Å². The Kier molecular flexibility index (Phi) is 4.36. The lowest BCUT2D eigenvalue weighted by Gasteiger charge is -2.36. The molecule has 1 N–H and O–H groups in total. The van der Waals surface area contributed by atoms with Crippen molar-refractivity contribution in [3.8, 4) is 6.07 Å². The average Bonchev–Trinajstić information content (AvgIpc) is 2.19. The standard InChI is InChI=1S/C9H16N4O/c1-9(14)13(6-2-3-10)12-7-4-11-5-8-12/h11H,2,4-8H2,1H3. The highest BCUT2D eigenvalue weighted by molar-refractivity contribution is 5.72. The minimum Gasteiger partial charge on any atom is -0.314 e. The molecule has 1 aliphatic heterocycles. The summed E-state index contributed by atoms with van der Waals surface area (Å²) in [5.74, 6) is 0.0159. The van der Waals surface area contributed by atoms with Crippen LogP contribution in [0.1, 0.15) is 13.3 Å². The smallest absolute Gasteiger partial charge is 0.233 e. The van der Waals surface area contributed by atoms with Crippen molar-refractivity contribution in [2.24, 2.45) is 0 Å². The Balaban J connectivity index is 2.48. The predicted octanol–water partition coefficient (Wildman–Crippen LogP) is -0.431. The highest BCUT2D eigenvalue weighted by Crippen LogP contribution is 2.02. The van der Waals surface area contributed by atoms with Crippen molar-refractivity contribution in [1.82, 2.24) is 15.3 Å². The van der Waals surface area contributed by atoms with Gasteiger partial charge in [-0.25, -0.2) is 5.01 Å². The highest BCUT2D eigenvalue weighted by atomic mass is 16.2. The minimum absolute atomic E-state index is 0.0159. The van der Waals surface area contributed by atoms with Crippen LogP contribution in [0.4, 0.5) is 0 Å². The quantitative estimate of drug-likeness (QED) is 0.665. The molecule has 0 unspecified atom stereocenters. The SMILES string of the molecule is CC(=O)N(CCC#N)N1CCNCC1. The Bertz CT molecular complexity index is 229. The molecule has 0 radical (unpaired) electrons. The van der Waals surface area contributed by atoms with Gasteiger partial charge in [0.15, 0.2) is 0 Å². The lowest BCUT2D eigenvalue weighted by Crippen LogP contribution is -2.54. The number of hydrogen-bond acceptors (Lipinski definition) is 4. The van der Waals surface area contributed by atoms with E-state index < -0.39 is 0 Å². The largest absolute Gasteiger partial charge is 0.314 e. The second-order valence-electron chi connectivity index (χ2n) is 3.25. The first-order valence-corrected chi connectivity index (χ1v) is 4.86. The van der Waals surface area contributed by atoms with Gasteiger partial charge in [-0.2, -0.15) is 5.26 Å². The molecule has 5 nitrogen and oxygen atoms in total. The van der Waals surface area contributed by atoms with E-state index in [9.17, 15) is 4.79 Å². The summed E-state index contributed by atoms with van der Waals surface area (Å²) in [7, 11) is 0. The summed E-state index contributed by atoms with van der Waals surface area (Å²) in [5.41, 5.74) is 0. The van der Waals surface area contributed by atoms with Crippen LogP contribution in [0, 0.1) is 11.3 Å². The summed E-state index contributed by atoms with van der Waals surface area (Å²) >= 11 is 0. The first kappa shape index (κ1) is 11.0. The van der Waals surface area contributed by atoms with Gasteiger partial charge in [0.1, 0.15) is 0 Å². The molecule has 0 spiro atoms. The fraction of sp³-hybridized carbons (Fsp3) is 0.778.